The number of rotatable bonds is 9. The molecule has 0 spiro atoms. The first-order chi connectivity index (χ1) is 7.87. The van der Waals surface area contributed by atoms with Gasteiger partial charge in [-0.15, -0.1) is 0 Å². The molecule has 0 saturated carbocycles. The highest BCUT2D eigenvalue weighted by atomic mass is 32.2. The van der Waals surface area contributed by atoms with Crippen LogP contribution in [-0.2, 0) is 14.8 Å². The van der Waals surface area contributed by atoms with Gasteiger partial charge in [-0.1, -0.05) is 6.92 Å². The van der Waals surface area contributed by atoms with E-state index in [-0.39, 0.29) is 24.2 Å². The van der Waals surface area contributed by atoms with Gasteiger partial charge in [-0.25, -0.2) is 13.1 Å². The molecule has 0 aromatic heterocycles. The van der Waals surface area contributed by atoms with Crippen LogP contribution in [0.5, 0.6) is 0 Å². The number of hydrogen-bond donors (Lipinski definition) is 3. The van der Waals surface area contributed by atoms with Crippen LogP contribution >= 0.6 is 0 Å². The zero-order valence-corrected chi connectivity index (χ0v) is 11.3. The first-order valence-corrected chi connectivity index (χ1v) is 7.52. The molecule has 7 heteroatoms. The fourth-order valence-electron chi connectivity index (χ4n) is 1.29. The van der Waals surface area contributed by atoms with Gasteiger partial charge in [0.25, 0.3) is 0 Å². The fourth-order valence-corrected chi connectivity index (χ4v) is 2.24. The molecule has 0 aliphatic heterocycles. The molecule has 0 saturated heterocycles. The molecule has 0 fully saturated rings. The summed E-state index contributed by atoms with van der Waals surface area (Å²) in [7, 11) is -3.25. The van der Waals surface area contributed by atoms with Crippen LogP contribution in [0.3, 0.4) is 0 Å². The van der Waals surface area contributed by atoms with Gasteiger partial charge in [0.2, 0.25) is 15.9 Å². The number of amides is 1. The molecule has 1 atom stereocenters. The van der Waals surface area contributed by atoms with E-state index in [1.54, 1.807) is 6.92 Å². The normalized spacial score (nSPS) is 13.4. The molecule has 102 valence electrons. The first kappa shape index (κ1) is 16.3. The molecule has 0 bridgehead atoms. The molecule has 0 aromatic rings. The maximum Gasteiger partial charge on any atom is 0.220 e. The molecule has 17 heavy (non-hydrogen) atoms. The number of nitrogens with two attached hydrogens (primary N) is 1. The van der Waals surface area contributed by atoms with Gasteiger partial charge >= 0.3 is 0 Å². The summed E-state index contributed by atoms with van der Waals surface area (Å²) in [4.78, 5) is 11.3. The van der Waals surface area contributed by atoms with Crippen LogP contribution < -0.4 is 15.8 Å². The molecule has 4 N–H and O–H groups in total. The Morgan fingerprint density at radius 1 is 1.41 bits per heavy atom. The van der Waals surface area contributed by atoms with Gasteiger partial charge in [-0.05, 0) is 19.8 Å². The minimum Gasteiger partial charge on any atom is -0.355 e. The number of sulfonamides is 1. The first-order valence-electron chi connectivity index (χ1n) is 5.87. The van der Waals surface area contributed by atoms with Crippen molar-refractivity contribution in [1.29, 1.82) is 0 Å². The van der Waals surface area contributed by atoms with Crippen LogP contribution in [-0.4, -0.2) is 39.2 Å². The summed E-state index contributed by atoms with van der Waals surface area (Å²) < 4.78 is 24.8. The molecule has 0 heterocycles. The predicted octanol–water partition coefficient (Wildman–Crippen LogP) is -0.441. The largest absolute Gasteiger partial charge is 0.355 e. The minimum absolute atomic E-state index is 0.0835. The molecule has 0 aromatic carbocycles. The highest BCUT2D eigenvalue weighted by Gasteiger charge is 2.09. The molecule has 0 aliphatic carbocycles. The Bertz CT molecular complexity index is 315. The molecule has 0 rings (SSSR count). The lowest BCUT2D eigenvalue weighted by molar-refractivity contribution is -0.121. The van der Waals surface area contributed by atoms with E-state index in [4.69, 9.17) is 5.73 Å². The van der Waals surface area contributed by atoms with Crippen molar-refractivity contribution in [1.82, 2.24) is 10.0 Å². The Kier molecular flexibility index (Phi) is 8.11. The van der Waals surface area contributed by atoms with Gasteiger partial charge < -0.3 is 11.1 Å². The number of nitrogens with one attached hydrogen (secondary N) is 2. The Balaban J connectivity index is 3.64. The summed E-state index contributed by atoms with van der Waals surface area (Å²) in [5.41, 5.74) is 5.55. The van der Waals surface area contributed by atoms with Crippen molar-refractivity contribution in [3.8, 4) is 0 Å². The van der Waals surface area contributed by atoms with Crippen molar-refractivity contribution < 1.29 is 13.2 Å². The zero-order chi connectivity index (χ0) is 13.3. The van der Waals surface area contributed by atoms with Crippen molar-refractivity contribution in [2.24, 2.45) is 5.73 Å². The van der Waals surface area contributed by atoms with E-state index in [2.05, 4.69) is 10.0 Å². The molecule has 0 aliphatic rings. The average molecular weight is 265 g/mol. The van der Waals surface area contributed by atoms with Crippen molar-refractivity contribution in [2.45, 2.75) is 39.2 Å². The third-order valence-corrected chi connectivity index (χ3v) is 3.59. The minimum atomic E-state index is -3.25. The summed E-state index contributed by atoms with van der Waals surface area (Å²) in [6.07, 6.45) is 1.91. The summed E-state index contributed by atoms with van der Waals surface area (Å²) >= 11 is 0. The van der Waals surface area contributed by atoms with E-state index >= 15 is 0 Å². The third kappa shape index (κ3) is 10.2. The Morgan fingerprint density at radius 2 is 2.06 bits per heavy atom. The van der Waals surface area contributed by atoms with Crippen molar-refractivity contribution in [3.63, 3.8) is 0 Å². The number of hydrogen-bond acceptors (Lipinski definition) is 4. The van der Waals surface area contributed by atoms with Crippen LogP contribution in [0.4, 0.5) is 0 Å². The third-order valence-electron chi connectivity index (χ3n) is 2.12. The lowest BCUT2D eigenvalue weighted by Gasteiger charge is -2.07. The smallest absolute Gasteiger partial charge is 0.220 e. The van der Waals surface area contributed by atoms with E-state index in [1.807, 2.05) is 6.92 Å². The standard InChI is InChI=1S/C10H23N3O3S/c1-3-13-17(15,16)8-7-12-10(14)6-4-5-9(2)11/h9,13H,3-8,11H2,1-2H3,(H,12,14). The molecule has 1 unspecified atom stereocenters. The predicted molar refractivity (Wildman–Crippen MR) is 68.0 cm³/mol. The van der Waals surface area contributed by atoms with Crippen LogP contribution in [0.25, 0.3) is 0 Å². The van der Waals surface area contributed by atoms with Crippen LogP contribution in [0.15, 0.2) is 0 Å². The van der Waals surface area contributed by atoms with Gasteiger partial charge in [0.05, 0.1) is 5.75 Å². The molecule has 6 nitrogen and oxygen atoms in total. The monoisotopic (exact) mass is 265 g/mol. The highest BCUT2D eigenvalue weighted by molar-refractivity contribution is 7.89. The Hall–Kier alpha value is -0.660. The van der Waals surface area contributed by atoms with Gasteiger partial charge in [-0.2, -0.15) is 0 Å². The summed E-state index contributed by atoms with van der Waals surface area (Å²) in [6, 6.07) is 0.0944. The van der Waals surface area contributed by atoms with Gasteiger partial charge in [-0.3, -0.25) is 4.79 Å². The molecule has 1 amide bonds. The van der Waals surface area contributed by atoms with Crippen LogP contribution in [0.1, 0.15) is 33.1 Å². The summed E-state index contributed by atoms with van der Waals surface area (Å²) in [5, 5.41) is 2.57. The van der Waals surface area contributed by atoms with Crippen molar-refractivity contribution >= 4 is 15.9 Å². The summed E-state index contributed by atoms with van der Waals surface area (Å²) in [5.74, 6) is -0.211. The SMILES string of the molecule is CCNS(=O)(=O)CCNC(=O)CCCC(C)N. The number of carbonyl (C=O) groups is 1. The maximum atomic E-state index is 11.3. The Labute approximate surface area is 103 Å². The molecular weight excluding hydrogens is 242 g/mol. The fraction of sp³-hybridized carbons (Fsp3) is 0.900. The van der Waals surface area contributed by atoms with Crippen LogP contribution in [0, 0.1) is 0 Å². The van der Waals surface area contributed by atoms with Gasteiger partial charge in [0.1, 0.15) is 0 Å². The van der Waals surface area contributed by atoms with E-state index in [0.717, 1.165) is 12.8 Å². The van der Waals surface area contributed by atoms with Gasteiger partial charge in [0, 0.05) is 25.6 Å². The second-order valence-electron chi connectivity index (χ2n) is 4.04. The average Bonchev–Trinajstić information content (AvgIpc) is 2.16. The highest BCUT2D eigenvalue weighted by Crippen LogP contribution is 1.97. The quantitative estimate of drug-likeness (QED) is 0.526. The lowest BCUT2D eigenvalue weighted by atomic mass is 10.1. The van der Waals surface area contributed by atoms with E-state index in [0.29, 0.717) is 13.0 Å². The van der Waals surface area contributed by atoms with Crippen molar-refractivity contribution in [2.75, 3.05) is 18.8 Å². The van der Waals surface area contributed by atoms with E-state index < -0.39 is 10.0 Å². The topological polar surface area (TPSA) is 101 Å². The Morgan fingerprint density at radius 3 is 2.59 bits per heavy atom. The zero-order valence-electron chi connectivity index (χ0n) is 10.5. The van der Waals surface area contributed by atoms with E-state index in [1.165, 1.54) is 0 Å². The van der Waals surface area contributed by atoms with Crippen LogP contribution in [0.2, 0.25) is 0 Å². The lowest BCUT2D eigenvalue weighted by Crippen LogP contribution is -2.34. The second kappa shape index (κ2) is 8.43. The second-order valence-corrected chi connectivity index (χ2v) is 5.96. The molecular formula is C10H23N3O3S. The maximum absolute atomic E-state index is 11.3. The molecule has 0 radical (unpaired) electrons. The van der Waals surface area contributed by atoms with Gasteiger partial charge in [0.15, 0.2) is 0 Å². The van der Waals surface area contributed by atoms with E-state index in [9.17, 15) is 13.2 Å². The number of carbonyl (C=O) groups excluding carboxylic acids is 1. The summed E-state index contributed by atoms with van der Waals surface area (Å²) in [6.45, 7) is 4.11. The van der Waals surface area contributed by atoms with Crippen molar-refractivity contribution in [3.05, 3.63) is 0 Å².